The highest BCUT2D eigenvalue weighted by Gasteiger charge is 2.23. The second kappa shape index (κ2) is 7.41. The van der Waals surface area contributed by atoms with Gasteiger partial charge in [0.2, 0.25) is 9.84 Å². The summed E-state index contributed by atoms with van der Waals surface area (Å²) in [5, 5.41) is 9.35. The fourth-order valence-corrected chi connectivity index (χ4v) is 3.98. The van der Waals surface area contributed by atoms with Crippen LogP contribution in [0.5, 0.6) is 0 Å². The molecular formula is C19H19N3O2S. The molecule has 1 aliphatic heterocycles. The molecule has 0 unspecified atom stereocenters. The van der Waals surface area contributed by atoms with Crippen LogP contribution in [0, 0.1) is 11.3 Å². The van der Waals surface area contributed by atoms with E-state index >= 15 is 0 Å². The molecule has 0 radical (unpaired) electrons. The molecule has 2 aromatic carbocycles. The zero-order valence-corrected chi connectivity index (χ0v) is 14.6. The van der Waals surface area contributed by atoms with Crippen LogP contribution < -0.4 is 4.90 Å². The molecule has 6 heteroatoms. The molecule has 1 fully saturated rings. The summed E-state index contributed by atoms with van der Waals surface area (Å²) in [6.45, 7) is 2.91. The summed E-state index contributed by atoms with van der Waals surface area (Å²) in [7, 11) is -3.77. The quantitative estimate of drug-likeness (QED) is 0.791. The van der Waals surface area contributed by atoms with E-state index in [2.05, 4.69) is 17.0 Å². The lowest BCUT2D eigenvalue weighted by Gasteiger charge is -2.35. The van der Waals surface area contributed by atoms with E-state index in [4.69, 9.17) is 0 Å². The molecule has 128 valence electrons. The fraction of sp³-hybridized carbons (Fsp3) is 0.211. The van der Waals surface area contributed by atoms with Crippen LogP contribution in [0.15, 0.2) is 76.7 Å². The highest BCUT2D eigenvalue weighted by molar-refractivity contribution is 7.95. The standard InChI is InChI=1S/C19H19N3O2S/c20-15-19(25(23,24)18-9-5-2-6-10-18)16-21-11-13-22(14-12-21)17-7-3-1-4-8-17/h1-10,16H,11-14H2/b19-16+. The summed E-state index contributed by atoms with van der Waals surface area (Å²) in [6.07, 6.45) is 1.48. The monoisotopic (exact) mass is 353 g/mol. The number of sulfone groups is 1. The molecule has 0 atom stereocenters. The molecule has 0 amide bonds. The van der Waals surface area contributed by atoms with Crippen LogP contribution >= 0.6 is 0 Å². The maximum Gasteiger partial charge on any atom is 0.218 e. The lowest BCUT2D eigenvalue weighted by atomic mass is 10.2. The van der Waals surface area contributed by atoms with Gasteiger partial charge in [0.05, 0.1) is 4.90 Å². The number of hydrogen-bond acceptors (Lipinski definition) is 5. The highest BCUT2D eigenvalue weighted by Crippen LogP contribution is 2.20. The maximum absolute atomic E-state index is 12.6. The second-order valence-corrected chi connectivity index (χ2v) is 7.70. The van der Waals surface area contributed by atoms with Crippen molar-refractivity contribution in [2.45, 2.75) is 4.90 Å². The summed E-state index contributed by atoms with van der Waals surface area (Å²) in [5.74, 6) is 0. The Morgan fingerprint density at radius 2 is 1.48 bits per heavy atom. The van der Waals surface area contributed by atoms with Crippen molar-refractivity contribution in [1.29, 1.82) is 5.26 Å². The van der Waals surface area contributed by atoms with E-state index in [1.807, 2.05) is 29.2 Å². The number of rotatable bonds is 4. The molecule has 0 bridgehead atoms. The molecule has 0 N–H and O–H groups in total. The maximum atomic E-state index is 12.6. The van der Waals surface area contributed by atoms with Crippen LogP contribution in [0.1, 0.15) is 0 Å². The number of piperazine rings is 1. The SMILES string of the molecule is N#C/C(=C\N1CCN(c2ccccc2)CC1)S(=O)(=O)c1ccccc1. The zero-order chi connectivity index (χ0) is 17.7. The average Bonchev–Trinajstić information content (AvgIpc) is 2.68. The van der Waals surface area contributed by atoms with Crippen LogP contribution in [-0.2, 0) is 9.84 Å². The predicted octanol–water partition coefficient (Wildman–Crippen LogP) is 2.65. The first-order valence-corrected chi connectivity index (χ1v) is 9.56. The highest BCUT2D eigenvalue weighted by atomic mass is 32.2. The molecule has 1 heterocycles. The van der Waals surface area contributed by atoms with Gasteiger partial charge in [0.15, 0.2) is 4.91 Å². The minimum atomic E-state index is -3.77. The third kappa shape index (κ3) is 3.83. The van der Waals surface area contributed by atoms with Gasteiger partial charge >= 0.3 is 0 Å². The van der Waals surface area contributed by atoms with Crippen molar-refractivity contribution in [3.05, 3.63) is 71.8 Å². The predicted molar refractivity (Wildman–Crippen MR) is 97.6 cm³/mol. The summed E-state index contributed by atoms with van der Waals surface area (Å²) >= 11 is 0. The lowest BCUT2D eigenvalue weighted by molar-refractivity contribution is 0.348. The Labute approximate surface area is 148 Å². The Hall–Kier alpha value is -2.78. The molecule has 2 aromatic rings. The minimum absolute atomic E-state index is 0.144. The second-order valence-electron chi connectivity index (χ2n) is 5.78. The number of nitriles is 1. The van der Waals surface area contributed by atoms with Gasteiger partial charge in [0.25, 0.3) is 0 Å². The van der Waals surface area contributed by atoms with Gasteiger partial charge in [0, 0.05) is 38.1 Å². The van der Waals surface area contributed by atoms with Gasteiger partial charge < -0.3 is 9.80 Å². The van der Waals surface area contributed by atoms with Crippen LogP contribution in [-0.4, -0.2) is 39.5 Å². The summed E-state index contributed by atoms with van der Waals surface area (Å²) < 4.78 is 25.2. The number of benzene rings is 2. The van der Waals surface area contributed by atoms with Gasteiger partial charge in [-0.05, 0) is 24.3 Å². The van der Waals surface area contributed by atoms with Gasteiger partial charge in [-0.2, -0.15) is 5.26 Å². The van der Waals surface area contributed by atoms with E-state index in [9.17, 15) is 13.7 Å². The first-order valence-electron chi connectivity index (χ1n) is 8.07. The van der Waals surface area contributed by atoms with Crippen LogP contribution in [0.4, 0.5) is 5.69 Å². The van der Waals surface area contributed by atoms with Crippen LogP contribution in [0.2, 0.25) is 0 Å². The number of nitrogens with zero attached hydrogens (tertiary/aromatic N) is 3. The minimum Gasteiger partial charge on any atom is -0.372 e. The molecule has 3 rings (SSSR count). The Bertz CT molecular complexity index is 879. The van der Waals surface area contributed by atoms with E-state index in [0.717, 1.165) is 18.8 Å². The number of para-hydroxylation sites is 1. The Morgan fingerprint density at radius 1 is 0.920 bits per heavy atom. The molecular weight excluding hydrogens is 334 g/mol. The molecule has 1 saturated heterocycles. The first kappa shape index (κ1) is 17.1. The normalized spacial score (nSPS) is 15.7. The van der Waals surface area contributed by atoms with E-state index < -0.39 is 9.84 Å². The van der Waals surface area contributed by atoms with Crippen molar-refractivity contribution in [2.75, 3.05) is 31.1 Å². The van der Waals surface area contributed by atoms with Crippen molar-refractivity contribution in [2.24, 2.45) is 0 Å². The third-order valence-corrected chi connectivity index (χ3v) is 5.86. The molecule has 1 aliphatic rings. The van der Waals surface area contributed by atoms with Crippen molar-refractivity contribution >= 4 is 15.5 Å². The fourth-order valence-electron chi connectivity index (χ4n) is 2.80. The van der Waals surface area contributed by atoms with E-state index in [-0.39, 0.29) is 9.80 Å². The largest absolute Gasteiger partial charge is 0.372 e. The lowest BCUT2D eigenvalue weighted by Crippen LogP contribution is -2.44. The van der Waals surface area contributed by atoms with Crippen LogP contribution in [0.3, 0.4) is 0 Å². The Morgan fingerprint density at radius 3 is 2.04 bits per heavy atom. The van der Waals surface area contributed by atoms with Gasteiger partial charge in [-0.3, -0.25) is 0 Å². The molecule has 0 aromatic heterocycles. The number of allylic oxidation sites excluding steroid dienone is 1. The molecule has 0 aliphatic carbocycles. The van der Waals surface area contributed by atoms with Crippen molar-refractivity contribution in [3.63, 3.8) is 0 Å². The van der Waals surface area contributed by atoms with Gasteiger partial charge in [0.1, 0.15) is 6.07 Å². The molecule has 0 spiro atoms. The number of anilines is 1. The van der Waals surface area contributed by atoms with Crippen LogP contribution in [0.25, 0.3) is 0 Å². The van der Waals surface area contributed by atoms with Gasteiger partial charge in [-0.15, -0.1) is 0 Å². The summed E-state index contributed by atoms with van der Waals surface area (Å²) in [6, 6.07) is 20.0. The Balaban J connectivity index is 1.73. The molecule has 5 nitrogen and oxygen atoms in total. The van der Waals surface area contributed by atoms with E-state index in [1.165, 1.54) is 18.3 Å². The number of hydrogen-bond donors (Lipinski definition) is 0. The summed E-state index contributed by atoms with van der Waals surface area (Å²) in [5.41, 5.74) is 1.16. The van der Waals surface area contributed by atoms with Gasteiger partial charge in [-0.1, -0.05) is 36.4 Å². The van der Waals surface area contributed by atoms with E-state index in [1.54, 1.807) is 18.2 Å². The summed E-state index contributed by atoms with van der Waals surface area (Å²) in [4.78, 5) is 4.08. The topological polar surface area (TPSA) is 64.4 Å². The Kier molecular flexibility index (Phi) is 5.05. The average molecular weight is 353 g/mol. The van der Waals surface area contributed by atoms with Crippen molar-refractivity contribution in [1.82, 2.24) is 4.90 Å². The molecule has 25 heavy (non-hydrogen) atoms. The first-order chi connectivity index (χ1) is 12.1. The smallest absolute Gasteiger partial charge is 0.218 e. The zero-order valence-electron chi connectivity index (χ0n) is 13.7. The van der Waals surface area contributed by atoms with Crippen molar-refractivity contribution < 1.29 is 8.42 Å². The van der Waals surface area contributed by atoms with Gasteiger partial charge in [-0.25, -0.2) is 8.42 Å². The van der Waals surface area contributed by atoms with Crippen molar-refractivity contribution in [3.8, 4) is 6.07 Å². The van der Waals surface area contributed by atoms with E-state index in [0.29, 0.717) is 13.1 Å². The third-order valence-electron chi connectivity index (χ3n) is 4.19. The molecule has 0 saturated carbocycles.